The minimum absolute atomic E-state index is 0.132. The van der Waals surface area contributed by atoms with Crippen molar-refractivity contribution in [3.8, 4) is 11.3 Å². The third-order valence-electron chi connectivity index (χ3n) is 3.90. The summed E-state index contributed by atoms with van der Waals surface area (Å²) in [7, 11) is -1.09. The van der Waals surface area contributed by atoms with Crippen molar-refractivity contribution in [1.82, 2.24) is 9.88 Å². The van der Waals surface area contributed by atoms with Crippen LogP contribution >= 0.6 is 11.6 Å². The van der Waals surface area contributed by atoms with Crippen LogP contribution in [-0.2, 0) is 16.4 Å². The van der Waals surface area contributed by atoms with Crippen LogP contribution in [0.5, 0.6) is 0 Å². The quantitative estimate of drug-likeness (QED) is 0.655. The van der Waals surface area contributed by atoms with E-state index in [4.69, 9.17) is 16.0 Å². The highest BCUT2D eigenvalue weighted by Gasteiger charge is 2.11. The fourth-order valence-corrected chi connectivity index (χ4v) is 3.40. The van der Waals surface area contributed by atoms with Crippen LogP contribution in [0.15, 0.2) is 47.0 Å². The zero-order valence-electron chi connectivity index (χ0n) is 14.1. The van der Waals surface area contributed by atoms with Gasteiger partial charge in [-0.3, -0.25) is 9.88 Å². The maximum absolute atomic E-state index is 11.2. The van der Waals surface area contributed by atoms with E-state index in [-0.39, 0.29) is 5.75 Å². The maximum Gasteiger partial charge on any atom is 0.148 e. The molecule has 0 bridgehead atoms. The van der Waals surface area contributed by atoms with E-state index in [0.29, 0.717) is 18.1 Å². The lowest BCUT2D eigenvalue weighted by atomic mass is 10.1. The van der Waals surface area contributed by atoms with Gasteiger partial charge in [-0.05, 0) is 43.4 Å². The molecule has 0 fully saturated rings. The Bertz CT molecular complexity index is 998. The maximum atomic E-state index is 11.2. The van der Waals surface area contributed by atoms with Crippen molar-refractivity contribution in [2.45, 2.75) is 6.54 Å². The molecule has 0 unspecified atom stereocenters. The van der Waals surface area contributed by atoms with Gasteiger partial charge in [-0.15, -0.1) is 0 Å². The number of aromatic nitrogens is 1. The van der Waals surface area contributed by atoms with Gasteiger partial charge < -0.3 is 4.42 Å². The summed E-state index contributed by atoms with van der Waals surface area (Å²) >= 11 is 6.24. The molecule has 0 amide bonds. The second kappa shape index (κ2) is 7.15. The molecule has 3 aromatic rings. The van der Waals surface area contributed by atoms with Crippen LogP contribution in [0.25, 0.3) is 22.2 Å². The first-order valence-corrected chi connectivity index (χ1v) is 10.3. The standard InChI is InChI=1S/C18H19ClN2O3S/c1-21(9-10-25(2,22)23)12-14-4-6-18(24-14)13-3-5-17-15(11-13)16(19)7-8-20-17/h3-8,11H,9-10,12H2,1-2H3. The zero-order valence-corrected chi connectivity index (χ0v) is 15.6. The molecule has 0 radical (unpaired) electrons. The zero-order chi connectivity index (χ0) is 18.0. The van der Waals surface area contributed by atoms with E-state index >= 15 is 0 Å². The van der Waals surface area contributed by atoms with E-state index in [2.05, 4.69) is 4.98 Å². The molecular weight excluding hydrogens is 360 g/mol. The van der Waals surface area contributed by atoms with Crippen LogP contribution in [0.2, 0.25) is 5.02 Å². The van der Waals surface area contributed by atoms with E-state index in [1.165, 1.54) is 6.26 Å². The van der Waals surface area contributed by atoms with Gasteiger partial charge in [-0.2, -0.15) is 0 Å². The minimum Gasteiger partial charge on any atom is -0.460 e. The lowest BCUT2D eigenvalue weighted by Gasteiger charge is -2.14. The molecule has 0 N–H and O–H groups in total. The summed E-state index contributed by atoms with van der Waals surface area (Å²) in [4.78, 5) is 6.21. The summed E-state index contributed by atoms with van der Waals surface area (Å²) in [6, 6.07) is 11.4. The van der Waals surface area contributed by atoms with Crippen LogP contribution in [-0.4, -0.2) is 43.9 Å². The highest BCUT2D eigenvalue weighted by atomic mass is 35.5. The molecule has 25 heavy (non-hydrogen) atoms. The molecule has 0 aliphatic carbocycles. The van der Waals surface area contributed by atoms with Crippen LogP contribution < -0.4 is 0 Å². The van der Waals surface area contributed by atoms with Gasteiger partial charge >= 0.3 is 0 Å². The van der Waals surface area contributed by atoms with E-state index < -0.39 is 9.84 Å². The largest absolute Gasteiger partial charge is 0.460 e. The average Bonchev–Trinajstić information content (AvgIpc) is 3.01. The number of benzene rings is 1. The molecule has 0 atom stereocenters. The van der Waals surface area contributed by atoms with Gasteiger partial charge in [0.25, 0.3) is 0 Å². The molecule has 1 aromatic carbocycles. The van der Waals surface area contributed by atoms with Gasteiger partial charge in [0.15, 0.2) is 0 Å². The number of rotatable bonds is 6. The molecule has 0 aliphatic heterocycles. The van der Waals surface area contributed by atoms with Gasteiger partial charge in [0.1, 0.15) is 21.4 Å². The normalized spacial score (nSPS) is 12.2. The fraction of sp³-hybridized carbons (Fsp3) is 0.278. The third kappa shape index (κ3) is 4.60. The summed E-state index contributed by atoms with van der Waals surface area (Å²) in [5.41, 5.74) is 1.76. The lowest BCUT2D eigenvalue weighted by Crippen LogP contribution is -2.24. The Morgan fingerprint density at radius 2 is 2.00 bits per heavy atom. The van der Waals surface area contributed by atoms with Crippen molar-refractivity contribution in [3.63, 3.8) is 0 Å². The van der Waals surface area contributed by atoms with Crippen LogP contribution in [0, 0.1) is 0 Å². The van der Waals surface area contributed by atoms with Crippen LogP contribution in [0.1, 0.15) is 5.76 Å². The fourth-order valence-electron chi connectivity index (χ4n) is 2.55. The number of sulfone groups is 1. The summed E-state index contributed by atoms with van der Waals surface area (Å²) in [5, 5.41) is 1.53. The molecule has 3 rings (SSSR count). The molecular formula is C18H19ClN2O3S. The second-order valence-electron chi connectivity index (χ2n) is 6.16. The van der Waals surface area contributed by atoms with E-state index in [1.807, 2.05) is 42.3 Å². The molecule has 2 heterocycles. The van der Waals surface area contributed by atoms with E-state index in [1.54, 1.807) is 12.3 Å². The second-order valence-corrected chi connectivity index (χ2v) is 8.83. The minimum atomic E-state index is -2.96. The van der Waals surface area contributed by atoms with E-state index in [0.717, 1.165) is 28.0 Å². The predicted octanol–water partition coefficient (Wildman–Crippen LogP) is 3.62. The number of fused-ring (bicyclic) bond motifs is 1. The average molecular weight is 379 g/mol. The number of hydrogen-bond donors (Lipinski definition) is 0. The van der Waals surface area contributed by atoms with Crippen molar-refractivity contribution in [1.29, 1.82) is 0 Å². The number of furan rings is 1. The highest BCUT2D eigenvalue weighted by molar-refractivity contribution is 7.90. The topological polar surface area (TPSA) is 63.4 Å². The molecule has 5 nitrogen and oxygen atoms in total. The first-order valence-electron chi connectivity index (χ1n) is 7.81. The number of pyridine rings is 1. The molecule has 0 spiro atoms. The van der Waals surface area contributed by atoms with Gasteiger partial charge in [-0.25, -0.2) is 8.42 Å². The Hall–Kier alpha value is -1.89. The van der Waals surface area contributed by atoms with Gasteiger partial charge in [0, 0.05) is 29.9 Å². The van der Waals surface area contributed by atoms with Crippen molar-refractivity contribution in [2.75, 3.05) is 25.6 Å². The molecule has 132 valence electrons. The SMILES string of the molecule is CN(CCS(C)(=O)=O)Cc1ccc(-c2ccc3nccc(Cl)c3c2)o1. The van der Waals surface area contributed by atoms with Crippen LogP contribution in [0.3, 0.4) is 0 Å². The molecule has 7 heteroatoms. The Morgan fingerprint density at radius 3 is 2.76 bits per heavy atom. The Kier molecular flexibility index (Phi) is 5.13. The third-order valence-corrected chi connectivity index (χ3v) is 5.16. The van der Waals surface area contributed by atoms with Gasteiger partial charge in [0.05, 0.1) is 22.8 Å². The van der Waals surface area contributed by atoms with Gasteiger partial charge in [-0.1, -0.05) is 11.6 Å². The monoisotopic (exact) mass is 378 g/mol. The first kappa shape index (κ1) is 17.9. The molecule has 0 aliphatic rings. The summed E-state index contributed by atoms with van der Waals surface area (Å²) in [6.45, 7) is 1.01. The van der Waals surface area contributed by atoms with Crippen molar-refractivity contribution >= 4 is 32.3 Å². The Morgan fingerprint density at radius 1 is 1.20 bits per heavy atom. The number of halogens is 1. The lowest BCUT2D eigenvalue weighted by molar-refractivity contribution is 0.312. The molecule has 0 saturated carbocycles. The smallest absolute Gasteiger partial charge is 0.148 e. The Labute approximate surface area is 152 Å². The van der Waals surface area contributed by atoms with E-state index in [9.17, 15) is 8.42 Å². The van der Waals surface area contributed by atoms with Crippen molar-refractivity contribution < 1.29 is 12.8 Å². The summed E-state index contributed by atoms with van der Waals surface area (Å²) in [5.74, 6) is 1.66. The molecule has 0 saturated heterocycles. The van der Waals surface area contributed by atoms with Crippen molar-refractivity contribution in [2.24, 2.45) is 0 Å². The first-order chi connectivity index (χ1) is 11.8. The summed E-state index contributed by atoms with van der Waals surface area (Å²) in [6.07, 6.45) is 2.92. The van der Waals surface area contributed by atoms with Gasteiger partial charge in [0.2, 0.25) is 0 Å². The summed E-state index contributed by atoms with van der Waals surface area (Å²) < 4.78 is 28.4. The van der Waals surface area contributed by atoms with Crippen LogP contribution in [0.4, 0.5) is 0 Å². The molecule has 2 aromatic heterocycles. The Balaban J connectivity index is 1.76. The highest BCUT2D eigenvalue weighted by Crippen LogP contribution is 2.29. The number of nitrogens with zero attached hydrogens (tertiary/aromatic N) is 2. The number of hydrogen-bond acceptors (Lipinski definition) is 5. The van der Waals surface area contributed by atoms with Crippen molar-refractivity contribution in [3.05, 3.63) is 53.4 Å². The predicted molar refractivity (Wildman–Crippen MR) is 100 cm³/mol.